The molecule has 0 amide bonds. The van der Waals surface area contributed by atoms with Gasteiger partial charge in [0.05, 0.1) is 5.56 Å². The molecule has 0 fully saturated rings. The zero-order chi connectivity index (χ0) is 13.0. The van der Waals surface area contributed by atoms with Gasteiger partial charge < -0.3 is 9.84 Å². The lowest BCUT2D eigenvalue weighted by Gasteiger charge is -2.13. The average molecular weight is 244 g/mol. The maximum Gasteiger partial charge on any atom is 0.387 e. The summed E-state index contributed by atoms with van der Waals surface area (Å²) in [7, 11) is 0. The second-order valence-electron chi connectivity index (χ2n) is 4.10. The monoisotopic (exact) mass is 244 g/mol. The van der Waals surface area contributed by atoms with Gasteiger partial charge in [0.2, 0.25) is 0 Å². The normalized spacial score (nSPS) is 10.9. The van der Waals surface area contributed by atoms with E-state index in [1.807, 2.05) is 13.8 Å². The van der Waals surface area contributed by atoms with Gasteiger partial charge in [-0.3, -0.25) is 0 Å². The number of benzene rings is 1. The minimum absolute atomic E-state index is 0.0615. The van der Waals surface area contributed by atoms with Crippen molar-refractivity contribution < 1.29 is 23.4 Å². The molecule has 1 aromatic rings. The third kappa shape index (κ3) is 4.01. The highest BCUT2D eigenvalue weighted by Crippen LogP contribution is 2.25. The van der Waals surface area contributed by atoms with Crippen molar-refractivity contribution in [3.8, 4) is 5.75 Å². The summed E-state index contributed by atoms with van der Waals surface area (Å²) in [6.45, 7) is 0.930. The van der Waals surface area contributed by atoms with E-state index in [2.05, 4.69) is 4.74 Å². The fraction of sp³-hybridized carbons (Fsp3) is 0.417. The summed E-state index contributed by atoms with van der Waals surface area (Å²) in [5, 5.41) is 8.77. The van der Waals surface area contributed by atoms with Gasteiger partial charge in [0, 0.05) is 0 Å². The van der Waals surface area contributed by atoms with Crippen LogP contribution in [-0.2, 0) is 6.42 Å². The van der Waals surface area contributed by atoms with Crippen LogP contribution in [0.3, 0.4) is 0 Å². The Kier molecular flexibility index (Phi) is 4.43. The lowest BCUT2D eigenvalue weighted by molar-refractivity contribution is -0.0506. The molecule has 17 heavy (non-hydrogen) atoms. The van der Waals surface area contributed by atoms with E-state index in [-0.39, 0.29) is 17.2 Å². The number of hydrogen-bond donors (Lipinski definition) is 1. The summed E-state index contributed by atoms with van der Waals surface area (Å²) < 4.78 is 28.7. The number of carboxylic acids is 1. The van der Waals surface area contributed by atoms with Crippen LogP contribution in [0.2, 0.25) is 0 Å². The zero-order valence-electron chi connectivity index (χ0n) is 9.61. The second-order valence-corrected chi connectivity index (χ2v) is 4.10. The highest BCUT2D eigenvalue weighted by atomic mass is 19.3. The van der Waals surface area contributed by atoms with E-state index in [0.717, 1.165) is 6.07 Å². The Morgan fingerprint density at radius 1 is 1.41 bits per heavy atom. The predicted octanol–water partition coefficient (Wildman–Crippen LogP) is 3.18. The van der Waals surface area contributed by atoms with E-state index in [4.69, 9.17) is 5.11 Å². The average Bonchev–Trinajstić information content (AvgIpc) is 2.18. The lowest BCUT2D eigenvalue weighted by Crippen LogP contribution is -2.08. The van der Waals surface area contributed by atoms with Crippen LogP contribution in [0.5, 0.6) is 5.75 Å². The lowest BCUT2D eigenvalue weighted by atomic mass is 10.0. The minimum atomic E-state index is -2.95. The van der Waals surface area contributed by atoms with Gasteiger partial charge in [-0.15, -0.1) is 0 Å². The molecule has 0 radical (unpaired) electrons. The molecule has 1 rings (SSSR count). The number of aromatic carboxylic acids is 1. The maximum atomic E-state index is 12.2. The molecule has 94 valence electrons. The van der Waals surface area contributed by atoms with Crippen molar-refractivity contribution in [2.24, 2.45) is 5.92 Å². The van der Waals surface area contributed by atoms with Gasteiger partial charge in [0.15, 0.2) is 0 Å². The highest BCUT2D eigenvalue weighted by molar-refractivity contribution is 5.88. The number of ether oxygens (including phenoxy) is 1. The Morgan fingerprint density at radius 3 is 2.53 bits per heavy atom. The second kappa shape index (κ2) is 5.61. The number of rotatable bonds is 5. The van der Waals surface area contributed by atoms with E-state index in [9.17, 15) is 13.6 Å². The third-order valence-corrected chi connectivity index (χ3v) is 2.16. The summed E-state index contributed by atoms with van der Waals surface area (Å²) in [6, 6.07) is 4.03. The first kappa shape index (κ1) is 13.4. The SMILES string of the molecule is CC(C)Cc1ccc(C(=O)O)cc1OC(F)F. The molecular formula is C12H14F2O3. The van der Waals surface area contributed by atoms with Crippen LogP contribution in [0, 0.1) is 5.92 Å². The molecule has 5 heteroatoms. The molecule has 0 spiro atoms. The molecule has 0 unspecified atom stereocenters. The quantitative estimate of drug-likeness (QED) is 0.865. The number of carbonyl (C=O) groups is 1. The first-order valence-electron chi connectivity index (χ1n) is 5.21. The molecule has 0 atom stereocenters. The highest BCUT2D eigenvalue weighted by Gasteiger charge is 2.14. The standard InChI is InChI=1S/C12H14F2O3/c1-7(2)5-8-3-4-9(11(15)16)6-10(8)17-12(13)14/h3-4,6-7,12H,5H2,1-2H3,(H,15,16). The van der Waals surface area contributed by atoms with Crippen LogP contribution >= 0.6 is 0 Å². The van der Waals surface area contributed by atoms with E-state index < -0.39 is 12.6 Å². The largest absolute Gasteiger partial charge is 0.478 e. The third-order valence-electron chi connectivity index (χ3n) is 2.16. The predicted molar refractivity (Wildman–Crippen MR) is 58.6 cm³/mol. The van der Waals surface area contributed by atoms with Gasteiger partial charge in [-0.2, -0.15) is 8.78 Å². The topological polar surface area (TPSA) is 46.5 Å². The fourth-order valence-corrected chi connectivity index (χ4v) is 1.50. The van der Waals surface area contributed by atoms with Gasteiger partial charge in [-0.25, -0.2) is 4.79 Å². The van der Waals surface area contributed by atoms with Gasteiger partial charge in [0.1, 0.15) is 5.75 Å². The summed E-state index contributed by atoms with van der Waals surface area (Å²) in [5.41, 5.74) is 0.526. The molecule has 0 aliphatic heterocycles. The smallest absolute Gasteiger partial charge is 0.387 e. The first-order valence-corrected chi connectivity index (χ1v) is 5.21. The number of carboxylic acid groups (broad SMARTS) is 1. The van der Waals surface area contributed by atoms with Crippen LogP contribution < -0.4 is 4.74 Å². The molecular weight excluding hydrogens is 230 g/mol. The van der Waals surface area contributed by atoms with Crippen molar-refractivity contribution in [1.82, 2.24) is 0 Å². The molecule has 0 saturated carbocycles. The van der Waals surface area contributed by atoms with Gasteiger partial charge in [-0.1, -0.05) is 19.9 Å². The maximum absolute atomic E-state index is 12.2. The molecule has 0 heterocycles. The Morgan fingerprint density at radius 2 is 2.06 bits per heavy atom. The Bertz CT molecular complexity index is 403. The Hall–Kier alpha value is -1.65. The zero-order valence-corrected chi connectivity index (χ0v) is 9.61. The van der Waals surface area contributed by atoms with Crippen molar-refractivity contribution in [2.75, 3.05) is 0 Å². The molecule has 0 aliphatic rings. The summed E-state index contributed by atoms with van der Waals surface area (Å²) >= 11 is 0. The molecule has 1 aromatic carbocycles. The van der Waals surface area contributed by atoms with E-state index in [1.165, 1.54) is 12.1 Å². The summed E-state index contributed by atoms with van der Waals surface area (Å²) in [6.07, 6.45) is 0.557. The van der Waals surface area contributed by atoms with Crippen molar-refractivity contribution in [2.45, 2.75) is 26.9 Å². The van der Waals surface area contributed by atoms with Gasteiger partial charge >= 0.3 is 12.6 Å². The van der Waals surface area contributed by atoms with Crippen molar-refractivity contribution in [1.29, 1.82) is 0 Å². The van der Waals surface area contributed by atoms with E-state index in [0.29, 0.717) is 12.0 Å². The molecule has 0 aliphatic carbocycles. The van der Waals surface area contributed by atoms with Gasteiger partial charge in [-0.05, 0) is 30.0 Å². The molecule has 3 nitrogen and oxygen atoms in total. The molecule has 0 saturated heterocycles. The van der Waals surface area contributed by atoms with Crippen molar-refractivity contribution in [3.63, 3.8) is 0 Å². The van der Waals surface area contributed by atoms with Crippen LogP contribution in [0.25, 0.3) is 0 Å². The number of hydrogen-bond acceptors (Lipinski definition) is 2. The van der Waals surface area contributed by atoms with Crippen LogP contribution in [0.1, 0.15) is 29.8 Å². The first-order chi connectivity index (χ1) is 7.90. The number of alkyl halides is 2. The van der Waals surface area contributed by atoms with Crippen LogP contribution in [0.15, 0.2) is 18.2 Å². The van der Waals surface area contributed by atoms with Gasteiger partial charge in [0.25, 0.3) is 0 Å². The van der Waals surface area contributed by atoms with E-state index in [1.54, 1.807) is 0 Å². The summed E-state index contributed by atoms with van der Waals surface area (Å²) in [5.74, 6) is -0.959. The van der Waals surface area contributed by atoms with Crippen molar-refractivity contribution >= 4 is 5.97 Å². The Balaban J connectivity index is 3.07. The van der Waals surface area contributed by atoms with Crippen molar-refractivity contribution in [3.05, 3.63) is 29.3 Å². The van der Waals surface area contributed by atoms with E-state index >= 15 is 0 Å². The molecule has 0 aromatic heterocycles. The molecule has 1 N–H and O–H groups in total. The molecule has 0 bridgehead atoms. The minimum Gasteiger partial charge on any atom is -0.478 e. The number of halogens is 2. The Labute approximate surface area is 98.0 Å². The van der Waals surface area contributed by atoms with Crippen LogP contribution in [0.4, 0.5) is 8.78 Å². The van der Waals surface area contributed by atoms with Crippen LogP contribution in [-0.4, -0.2) is 17.7 Å². The summed E-state index contributed by atoms with van der Waals surface area (Å²) in [4.78, 5) is 10.7. The fourth-order valence-electron chi connectivity index (χ4n) is 1.50.